The maximum atomic E-state index is 11.5. The minimum Gasteiger partial charge on any atom is -0.391 e. The van der Waals surface area contributed by atoms with Crippen molar-refractivity contribution in [2.24, 2.45) is 5.73 Å². The van der Waals surface area contributed by atoms with E-state index in [4.69, 9.17) is 5.73 Å². The van der Waals surface area contributed by atoms with Gasteiger partial charge in [-0.25, -0.2) is 0 Å². The predicted octanol–water partition coefficient (Wildman–Crippen LogP) is 0.535. The third kappa shape index (κ3) is 4.18. The lowest BCUT2D eigenvalue weighted by molar-refractivity contribution is -0.122. The fourth-order valence-electron chi connectivity index (χ4n) is 2.01. The fourth-order valence-corrected chi connectivity index (χ4v) is 2.01. The first kappa shape index (κ1) is 12.5. The van der Waals surface area contributed by atoms with Gasteiger partial charge in [0, 0.05) is 18.5 Å². The van der Waals surface area contributed by atoms with Crippen LogP contribution in [0.3, 0.4) is 0 Å². The van der Waals surface area contributed by atoms with E-state index in [1.807, 2.05) is 6.92 Å². The maximum Gasteiger partial charge on any atom is 0.221 e. The molecule has 4 heteroatoms. The van der Waals surface area contributed by atoms with E-state index in [1.54, 1.807) is 0 Å². The van der Waals surface area contributed by atoms with Gasteiger partial charge in [-0.1, -0.05) is 19.8 Å². The average Bonchev–Trinajstić information content (AvgIpc) is 2.61. The Morgan fingerprint density at radius 2 is 2.13 bits per heavy atom. The van der Waals surface area contributed by atoms with Crippen molar-refractivity contribution in [3.63, 3.8) is 0 Å². The Kier molecular flexibility index (Phi) is 4.54. The summed E-state index contributed by atoms with van der Waals surface area (Å²) < 4.78 is 0. The molecule has 0 aromatic carbocycles. The predicted molar refractivity (Wildman–Crippen MR) is 59.3 cm³/mol. The molecule has 0 spiro atoms. The summed E-state index contributed by atoms with van der Waals surface area (Å²) in [6.45, 7) is 2.23. The summed E-state index contributed by atoms with van der Waals surface area (Å²) >= 11 is 0. The summed E-state index contributed by atoms with van der Waals surface area (Å²) in [6.07, 6.45) is 4.75. The first-order valence-corrected chi connectivity index (χ1v) is 5.79. The monoisotopic (exact) mass is 214 g/mol. The van der Waals surface area contributed by atoms with Gasteiger partial charge in [0.05, 0.1) is 6.10 Å². The van der Waals surface area contributed by atoms with Gasteiger partial charge in [-0.3, -0.25) is 4.79 Å². The number of aliphatic hydroxyl groups is 1. The van der Waals surface area contributed by atoms with E-state index in [0.717, 1.165) is 25.7 Å². The van der Waals surface area contributed by atoms with Gasteiger partial charge >= 0.3 is 0 Å². The SMILES string of the molecule is CCC(O)CNC(=O)CC1(N)CCCC1. The van der Waals surface area contributed by atoms with Crippen molar-refractivity contribution in [2.75, 3.05) is 6.54 Å². The number of rotatable bonds is 5. The second-order valence-electron chi connectivity index (χ2n) is 4.61. The van der Waals surface area contributed by atoms with Crippen molar-refractivity contribution < 1.29 is 9.90 Å². The van der Waals surface area contributed by atoms with Crippen LogP contribution in [0.2, 0.25) is 0 Å². The Hall–Kier alpha value is -0.610. The molecule has 1 unspecified atom stereocenters. The molecule has 0 heterocycles. The van der Waals surface area contributed by atoms with Crippen molar-refractivity contribution in [2.45, 2.75) is 57.1 Å². The van der Waals surface area contributed by atoms with Gasteiger partial charge in [-0.2, -0.15) is 0 Å². The third-order valence-electron chi connectivity index (χ3n) is 3.12. The lowest BCUT2D eigenvalue weighted by Gasteiger charge is -2.22. The Morgan fingerprint density at radius 1 is 1.53 bits per heavy atom. The highest BCUT2D eigenvalue weighted by Crippen LogP contribution is 2.29. The molecule has 1 fully saturated rings. The van der Waals surface area contributed by atoms with Crippen LogP contribution in [-0.4, -0.2) is 29.2 Å². The lowest BCUT2D eigenvalue weighted by atomic mass is 9.94. The normalized spacial score (nSPS) is 21.3. The zero-order chi connectivity index (χ0) is 11.3. The number of amides is 1. The molecule has 4 nitrogen and oxygen atoms in total. The molecular weight excluding hydrogens is 192 g/mol. The molecule has 88 valence electrons. The van der Waals surface area contributed by atoms with Gasteiger partial charge in [0.1, 0.15) is 0 Å². The van der Waals surface area contributed by atoms with E-state index < -0.39 is 6.10 Å². The van der Waals surface area contributed by atoms with Gasteiger partial charge in [0.25, 0.3) is 0 Å². The second kappa shape index (κ2) is 5.47. The smallest absolute Gasteiger partial charge is 0.221 e. The summed E-state index contributed by atoms with van der Waals surface area (Å²) in [5.41, 5.74) is 5.79. The molecule has 1 atom stereocenters. The van der Waals surface area contributed by atoms with Crippen molar-refractivity contribution in [1.29, 1.82) is 0 Å². The average molecular weight is 214 g/mol. The summed E-state index contributed by atoms with van der Waals surface area (Å²) in [4.78, 5) is 11.5. The molecule has 1 aliphatic carbocycles. The Balaban J connectivity index is 2.23. The van der Waals surface area contributed by atoms with Crippen LogP contribution in [0.5, 0.6) is 0 Å². The van der Waals surface area contributed by atoms with E-state index in [0.29, 0.717) is 19.4 Å². The van der Waals surface area contributed by atoms with Crippen molar-refractivity contribution in [1.82, 2.24) is 5.32 Å². The molecule has 15 heavy (non-hydrogen) atoms. The summed E-state index contributed by atoms with van der Waals surface area (Å²) in [5, 5.41) is 12.0. The van der Waals surface area contributed by atoms with E-state index in [2.05, 4.69) is 5.32 Å². The molecule has 0 aliphatic heterocycles. The van der Waals surface area contributed by atoms with E-state index >= 15 is 0 Å². The van der Waals surface area contributed by atoms with Crippen molar-refractivity contribution in [3.05, 3.63) is 0 Å². The maximum absolute atomic E-state index is 11.5. The highest BCUT2D eigenvalue weighted by molar-refractivity contribution is 5.77. The van der Waals surface area contributed by atoms with Crippen LogP contribution in [0.1, 0.15) is 45.4 Å². The molecule has 0 aromatic heterocycles. The van der Waals surface area contributed by atoms with Crippen LogP contribution in [0.25, 0.3) is 0 Å². The second-order valence-corrected chi connectivity index (χ2v) is 4.61. The molecule has 1 rings (SSSR count). The Labute approximate surface area is 91.2 Å². The number of hydrogen-bond donors (Lipinski definition) is 3. The zero-order valence-corrected chi connectivity index (χ0v) is 9.46. The van der Waals surface area contributed by atoms with Crippen LogP contribution >= 0.6 is 0 Å². The number of hydrogen-bond acceptors (Lipinski definition) is 3. The van der Waals surface area contributed by atoms with Gasteiger partial charge < -0.3 is 16.2 Å². The first-order valence-electron chi connectivity index (χ1n) is 5.79. The molecule has 0 bridgehead atoms. The standard InChI is InChI=1S/C11H22N2O2/c1-2-9(14)8-13-10(15)7-11(12)5-3-4-6-11/h9,14H,2-8,12H2,1H3,(H,13,15). The van der Waals surface area contributed by atoms with E-state index in [-0.39, 0.29) is 11.4 Å². The summed E-state index contributed by atoms with van der Waals surface area (Å²) in [6, 6.07) is 0. The first-order chi connectivity index (χ1) is 7.06. The highest BCUT2D eigenvalue weighted by atomic mass is 16.3. The van der Waals surface area contributed by atoms with Crippen LogP contribution in [0, 0.1) is 0 Å². The van der Waals surface area contributed by atoms with E-state index in [9.17, 15) is 9.90 Å². The molecule has 4 N–H and O–H groups in total. The minimum absolute atomic E-state index is 0.0353. The van der Waals surface area contributed by atoms with Crippen LogP contribution < -0.4 is 11.1 Å². The number of nitrogens with one attached hydrogen (secondary N) is 1. The topological polar surface area (TPSA) is 75.3 Å². The van der Waals surface area contributed by atoms with Gasteiger partial charge in [0.2, 0.25) is 5.91 Å². The molecule has 0 saturated heterocycles. The van der Waals surface area contributed by atoms with Crippen molar-refractivity contribution in [3.8, 4) is 0 Å². The highest BCUT2D eigenvalue weighted by Gasteiger charge is 2.31. The number of carbonyl (C=O) groups excluding carboxylic acids is 1. The molecular formula is C11H22N2O2. The van der Waals surface area contributed by atoms with Crippen LogP contribution in [0.4, 0.5) is 0 Å². The van der Waals surface area contributed by atoms with Crippen LogP contribution in [-0.2, 0) is 4.79 Å². The fraction of sp³-hybridized carbons (Fsp3) is 0.909. The number of nitrogens with two attached hydrogens (primary N) is 1. The Morgan fingerprint density at radius 3 is 2.67 bits per heavy atom. The van der Waals surface area contributed by atoms with Gasteiger partial charge in [0.15, 0.2) is 0 Å². The van der Waals surface area contributed by atoms with Crippen molar-refractivity contribution >= 4 is 5.91 Å². The molecule has 0 aromatic rings. The molecule has 0 radical (unpaired) electrons. The minimum atomic E-state index is -0.439. The molecule has 1 amide bonds. The van der Waals surface area contributed by atoms with E-state index in [1.165, 1.54) is 0 Å². The Bertz CT molecular complexity index is 213. The molecule has 1 aliphatic rings. The summed E-state index contributed by atoms with van der Waals surface area (Å²) in [5.74, 6) is -0.0353. The molecule has 1 saturated carbocycles. The number of carbonyl (C=O) groups is 1. The van der Waals surface area contributed by atoms with Crippen LogP contribution in [0.15, 0.2) is 0 Å². The zero-order valence-electron chi connectivity index (χ0n) is 9.46. The lowest BCUT2D eigenvalue weighted by Crippen LogP contribution is -2.43. The van der Waals surface area contributed by atoms with Gasteiger partial charge in [-0.15, -0.1) is 0 Å². The largest absolute Gasteiger partial charge is 0.391 e. The third-order valence-corrected chi connectivity index (χ3v) is 3.12. The quantitative estimate of drug-likeness (QED) is 0.625. The number of aliphatic hydroxyl groups excluding tert-OH is 1. The van der Waals surface area contributed by atoms with Gasteiger partial charge in [-0.05, 0) is 19.3 Å². The summed E-state index contributed by atoms with van der Waals surface area (Å²) in [7, 11) is 0.